The molecule has 220 valence electrons. The molecule has 0 unspecified atom stereocenters. The molecule has 2 aromatic rings. The zero-order chi connectivity index (χ0) is 28.9. The van der Waals surface area contributed by atoms with E-state index < -0.39 is 28.1 Å². The van der Waals surface area contributed by atoms with E-state index in [2.05, 4.69) is 21.8 Å². The predicted molar refractivity (Wildman–Crippen MR) is 159 cm³/mol. The zero-order valence-corrected chi connectivity index (χ0v) is 25.1. The van der Waals surface area contributed by atoms with Gasteiger partial charge in [-0.05, 0) is 99.4 Å². The number of ether oxygens (including phenoxy) is 1. The van der Waals surface area contributed by atoms with Gasteiger partial charge in [0, 0.05) is 30.1 Å². The molecular weight excluding hydrogens is 562 g/mol. The van der Waals surface area contributed by atoms with Crippen LogP contribution in [0.25, 0.3) is 0 Å². The van der Waals surface area contributed by atoms with Crippen LogP contribution < -0.4 is 14.4 Å². The molecule has 1 fully saturated rings. The summed E-state index contributed by atoms with van der Waals surface area (Å²) in [6, 6.07) is 10.3. The van der Waals surface area contributed by atoms with E-state index in [4.69, 9.17) is 16.3 Å². The normalized spacial score (nSPS) is 32.5. The molecule has 6 rings (SSSR count). The van der Waals surface area contributed by atoms with E-state index in [0.29, 0.717) is 37.7 Å². The van der Waals surface area contributed by atoms with E-state index in [-0.39, 0.29) is 22.1 Å². The standard InChI is InChI=1S/C31H38ClN3O5S/c1-20-30(37)33-41(38,39)24-9-12-29-27(16-24)35(17-22-7-10-25(22)28(36)6-4-14-34(20)2)18-31(19-40-29)13-3-5-21-15-23(32)8-11-26(21)31/h4,6,8-9,11-12,15-16,20,22,25,28,36H,3,5,7,10,13-14,17-19H2,1-2H3,(H,33,37)/b6-4+/t20-,22+,25-,28+,31+/m1/s1. The summed E-state index contributed by atoms with van der Waals surface area (Å²) >= 11 is 6.37. The number of amides is 1. The van der Waals surface area contributed by atoms with Crippen LogP contribution in [0.15, 0.2) is 53.4 Å². The topological polar surface area (TPSA) is 99.2 Å². The van der Waals surface area contributed by atoms with Gasteiger partial charge in [-0.2, -0.15) is 0 Å². The van der Waals surface area contributed by atoms with Crippen molar-refractivity contribution in [2.45, 2.75) is 61.5 Å². The van der Waals surface area contributed by atoms with Gasteiger partial charge in [-0.25, -0.2) is 13.1 Å². The molecule has 1 spiro atoms. The highest BCUT2D eigenvalue weighted by molar-refractivity contribution is 7.90. The van der Waals surface area contributed by atoms with Gasteiger partial charge in [-0.1, -0.05) is 29.8 Å². The fourth-order valence-electron chi connectivity index (χ4n) is 6.96. The van der Waals surface area contributed by atoms with Gasteiger partial charge in [0.2, 0.25) is 0 Å². The highest BCUT2D eigenvalue weighted by atomic mass is 35.5. The van der Waals surface area contributed by atoms with Crippen LogP contribution in [0.2, 0.25) is 5.02 Å². The summed E-state index contributed by atoms with van der Waals surface area (Å²) in [5, 5.41) is 11.8. The SMILES string of the molecule is C[C@@H]1C(=O)NS(=O)(=O)c2ccc3c(c2)N(C[C@@H]2CC[C@H]2[C@@H](O)/C=C/CN1C)C[C@@]1(CCCc2cc(Cl)ccc21)CO3. The van der Waals surface area contributed by atoms with Crippen molar-refractivity contribution in [2.75, 3.05) is 38.2 Å². The Morgan fingerprint density at radius 1 is 1.17 bits per heavy atom. The first-order valence-electron chi connectivity index (χ1n) is 14.5. The van der Waals surface area contributed by atoms with Crippen LogP contribution in [0.5, 0.6) is 5.75 Å². The Bertz CT molecular complexity index is 1480. The number of aryl methyl sites for hydroxylation is 1. The summed E-state index contributed by atoms with van der Waals surface area (Å²) in [6.07, 6.45) is 7.94. The quantitative estimate of drug-likeness (QED) is 0.443. The predicted octanol–water partition coefficient (Wildman–Crippen LogP) is 3.90. The molecule has 1 amide bonds. The minimum Gasteiger partial charge on any atom is -0.490 e. The molecule has 0 radical (unpaired) electrons. The van der Waals surface area contributed by atoms with Gasteiger partial charge in [0.15, 0.2) is 0 Å². The number of sulfonamides is 1. The first-order valence-corrected chi connectivity index (χ1v) is 16.3. The molecular formula is C31H38ClN3O5S. The number of halogens is 1. The molecule has 0 aromatic heterocycles. The number of carbonyl (C=O) groups is 1. The van der Waals surface area contributed by atoms with E-state index in [1.165, 1.54) is 17.2 Å². The molecule has 41 heavy (non-hydrogen) atoms. The number of benzene rings is 2. The second-order valence-electron chi connectivity index (χ2n) is 12.2. The summed E-state index contributed by atoms with van der Waals surface area (Å²) in [5.74, 6) is 0.374. The lowest BCUT2D eigenvalue weighted by Crippen LogP contribution is -2.49. The van der Waals surface area contributed by atoms with Crippen LogP contribution in [-0.2, 0) is 26.7 Å². The molecule has 2 aliphatic carbocycles. The Hall–Kier alpha value is -2.59. The number of nitrogens with one attached hydrogen (secondary N) is 1. The van der Waals surface area contributed by atoms with Crippen molar-refractivity contribution >= 4 is 33.2 Å². The van der Waals surface area contributed by atoms with E-state index in [1.807, 2.05) is 18.2 Å². The van der Waals surface area contributed by atoms with Crippen molar-refractivity contribution < 1.29 is 23.1 Å². The highest BCUT2D eigenvalue weighted by Crippen LogP contribution is 2.47. The van der Waals surface area contributed by atoms with Crippen molar-refractivity contribution in [1.82, 2.24) is 9.62 Å². The second-order valence-corrected chi connectivity index (χ2v) is 14.4. The summed E-state index contributed by atoms with van der Waals surface area (Å²) in [7, 11) is -2.36. The van der Waals surface area contributed by atoms with Gasteiger partial charge in [0.1, 0.15) is 5.75 Å². The number of likely N-dealkylation sites (N-methyl/N-ethyl adjacent to an activating group) is 1. The van der Waals surface area contributed by atoms with Crippen molar-refractivity contribution in [3.63, 3.8) is 0 Å². The van der Waals surface area contributed by atoms with E-state index >= 15 is 0 Å². The van der Waals surface area contributed by atoms with Crippen LogP contribution in [0.1, 0.15) is 43.7 Å². The number of nitrogens with zero attached hydrogens (tertiary/aromatic N) is 2. The van der Waals surface area contributed by atoms with Crippen molar-refractivity contribution in [1.29, 1.82) is 0 Å². The minimum absolute atomic E-state index is 0.0250. The van der Waals surface area contributed by atoms with E-state index in [0.717, 1.165) is 37.1 Å². The van der Waals surface area contributed by atoms with Gasteiger partial charge in [-0.3, -0.25) is 9.69 Å². The van der Waals surface area contributed by atoms with E-state index in [1.54, 1.807) is 31.0 Å². The fourth-order valence-corrected chi connectivity index (χ4v) is 8.22. The molecule has 2 aromatic carbocycles. The lowest BCUT2D eigenvalue weighted by molar-refractivity contribution is -0.123. The Morgan fingerprint density at radius 2 is 2.00 bits per heavy atom. The Kier molecular flexibility index (Phi) is 7.59. The Morgan fingerprint density at radius 3 is 2.78 bits per heavy atom. The number of aliphatic hydroxyl groups excluding tert-OH is 1. The monoisotopic (exact) mass is 599 g/mol. The lowest BCUT2D eigenvalue weighted by Gasteiger charge is -2.45. The number of aliphatic hydroxyl groups is 1. The molecule has 1 saturated carbocycles. The number of carbonyl (C=O) groups excluding carboxylic acids is 1. The number of fused-ring (bicyclic) bond motifs is 4. The van der Waals surface area contributed by atoms with Crippen molar-refractivity contribution in [3.8, 4) is 5.75 Å². The number of hydrogen-bond acceptors (Lipinski definition) is 7. The maximum Gasteiger partial charge on any atom is 0.264 e. The third-order valence-electron chi connectivity index (χ3n) is 9.69. The van der Waals surface area contributed by atoms with Crippen LogP contribution in [0.4, 0.5) is 5.69 Å². The summed E-state index contributed by atoms with van der Waals surface area (Å²) in [5.41, 5.74) is 2.88. The molecule has 2 heterocycles. The van der Waals surface area contributed by atoms with Gasteiger partial charge >= 0.3 is 0 Å². The smallest absolute Gasteiger partial charge is 0.264 e. The summed E-state index contributed by atoms with van der Waals surface area (Å²) < 4.78 is 35.6. The third kappa shape index (κ3) is 5.38. The number of anilines is 1. The Balaban J connectivity index is 1.44. The fraction of sp³-hybridized carbons (Fsp3) is 0.516. The van der Waals surface area contributed by atoms with Crippen LogP contribution >= 0.6 is 11.6 Å². The second kappa shape index (κ2) is 10.9. The minimum atomic E-state index is -4.12. The maximum absolute atomic E-state index is 13.4. The molecule has 2 bridgehead atoms. The molecule has 8 nitrogen and oxygen atoms in total. The van der Waals surface area contributed by atoms with Gasteiger partial charge < -0.3 is 14.7 Å². The van der Waals surface area contributed by atoms with Gasteiger partial charge in [-0.15, -0.1) is 0 Å². The Labute approximate surface area is 247 Å². The molecule has 4 aliphatic rings. The first kappa shape index (κ1) is 28.5. The average Bonchev–Trinajstić information content (AvgIpc) is 3.06. The summed E-state index contributed by atoms with van der Waals surface area (Å²) in [6.45, 7) is 3.88. The number of rotatable bonds is 0. The molecule has 2 N–H and O–H groups in total. The zero-order valence-electron chi connectivity index (χ0n) is 23.6. The van der Waals surface area contributed by atoms with E-state index in [9.17, 15) is 18.3 Å². The van der Waals surface area contributed by atoms with Crippen LogP contribution in [-0.4, -0.2) is 69.8 Å². The molecule has 2 aliphatic heterocycles. The van der Waals surface area contributed by atoms with Crippen molar-refractivity contribution in [3.05, 3.63) is 64.7 Å². The maximum atomic E-state index is 13.4. The number of hydrogen-bond donors (Lipinski definition) is 2. The van der Waals surface area contributed by atoms with Gasteiger partial charge in [0.25, 0.3) is 15.9 Å². The molecule has 0 saturated heterocycles. The van der Waals surface area contributed by atoms with Gasteiger partial charge in [0.05, 0.1) is 29.3 Å². The average molecular weight is 600 g/mol. The lowest BCUT2D eigenvalue weighted by atomic mass is 9.68. The first-order chi connectivity index (χ1) is 19.6. The van der Waals surface area contributed by atoms with Crippen LogP contribution in [0.3, 0.4) is 0 Å². The summed E-state index contributed by atoms with van der Waals surface area (Å²) in [4.78, 5) is 17.0. The molecule has 5 atom stereocenters. The van der Waals surface area contributed by atoms with Crippen molar-refractivity contribution in [2.24, 2.45) is 11.8 Å². The molecule has 10 heteroatoms. The van der Waals surface area contributed by atoms with Crippen LogP contribution in [0, 0.1) is 11.8 Å². The third-order valence-corrected chi connectivity index (χ3v) is 11.3. The largest absolute Gasteiger partial charge is 0.490 e. The highest BCUT2D eigenvalue weighted by Gasteiger charge is 2.44.